The highest BCUT2D eigenvalue weighted by Gasteiger charge is 2.42. The lowest BCUT2D eigenvalue weighted by molar-refractivity contribution is 0.401. The summed E-state index contributed by atoms with van der Waals surface area (Å²) in [7, 11) is 0. The molecular weight excluding hydrogens is 789 g/mol. The van der Waals surface area contributed by atoms with E-state index in [1.807, 2.05) is 34.0 Å². The molecule has 4 heterocycles. The van der Waals surface area contributed by atoms with Crippen LogP contribution in [-0.2, 0) is 18.3 Å². The van der Waals surface area contributed by atoms with Gasteiger partial charge in [0.15, 0.2) is 0 Å². The van der Waals surface area contributed by atoms with Gasteiger partial charge in [0.05, 0.1) is 0 Å². The number of aryl methyl sites for hydroxylation is 2. The molecule has 0 bridgehead atoms. The minimum atomic E-state index is 0.112. The SMILES string of the molecule is CCCCCCc1c(-c2ccc(C)s2)sc(-c2ccc(-c3ccc(-c4ccc5c(c4)C(CCCCCC)(CCCCCC)c4cc(C)ccc4-5)s3)s2)c1CCCCCC. The lowest BCUT2D eigenvalue weighted by Gasteiger charge is -2.33. The van der Waals surface area contributed by atoms with Crippen molar-refractivity contribution < 1.29 is 0 Å². The molecule has 0 radical (unpaired) electrons. The number of benzene rings is 2. The van der Waals surface area contributed by atoms with Crippen LogP contribution < -0.4 is 0 Å². The van der Waals surface area contributed by atoms with Gasteiger partial charge in [0.1, 0.15) is 0 Å². The maximum absolute atomic E-state index is 2.63. The molecule has 0 spiro atoms. The van der Waals surface area contributed by atoms with E-state index >= 15 is 0 Å². The number of thiophene rings is 4. The Bertz CT molecular complexity index is 2220. The number of rotatable bonds is 24. The second-order valence-electron chi connectivity index (χ2n) is 17.6. The van der Waals surface area contributed by atoms with Gasteiger partial charge in [0.2, 0.25) is 0 Å². The topological polar surface area (TPSA) is 0 Å². The quantitative estimate of drug-likeness (QED) is 0.0532. The fraction of sp³-hybridized carbons (Fsp3) is 0.491. The largest absolute Gasteiger partial charge is 0.140 e. The van der Waals surface area contributed by atoms with Gasteiger partial charge in [-0.2, -0.15) is 0 Å². The van der Waals surface area contributed by atoms with Crippen LogP contribution in [0.2, 0.25) is 0 Å². The number of hydrogen-bond acceptors (Lipinski definition) is 4. The Morgan fingerprint density at radius 2 is 0.881 bits per heavy atom. The van der Waals surface area contributed by atoms with Crippen LogP contribution in [0.15, 0.2) is 72.8 Å². The summed E-state index contributed by atoms with van der Waals surface area (Å²) in [5.74, 6) is 0. The van der Waals surface area contributed by atoms with E-state index in [2.05, 4.69) is 126 Å². The molecule has 0 N–H and O–H groups in total. The summed E-state index contributed by atoms with van der Waals surface area (Å²) in [6.45, 7) is 13.9. The Kier molecular flexibility index (Phi) is 16.0. The minimum absolute atomic E-state index is 0.112. The summed E-state index contributed by atoms with van der Waals surface area (Å²) in [4.78, 5) is 11.6. The molecule has 0 atom stereocenters. The molecule has 0 saturated carbocycles. The first-order valence-electron chi connectivity index (χ1n) is 23.6. The Morgan fingerprint density at radius 3 is 1.44 bits per heavy atom. The Hall–Kier alpha value is -2.76. The van der Waals surface area contributed by atoms with Gasteiger partial charge in [-0.15, -0.1) is 45.3 Å². The van der Waals surface area contributed by atoms with Crippen molar-refractivity contribution in [2.75, 3.05) is 0 Å². The van der Waals surface area contributed by atoms with Crippen molar-refractivity contribution in [1.82, 2.24) is 0 Å². The minimum Gasteiger partial charge on any atom is -0.140 e. The first-order valence-corrected chi connectivity index (χ1v) is 26.8. The summed E-state index contributed by atoms with van der Waals surface area (Å²) < 4.78 is 0. The van der Waals surface area contributed by atoms with Gasteiger partial charge in [-0.25, -0.2) is 0 Å². The van der Waals surface area contributed by atoms with Crippen molar-refractivity contribution in [1.29, 1.82) is 0 Å². The lowest BCUT2D eigenvalue weighted by Crippen LogP contribution is -2.25. The second kappa shape index (κ2) is 21.4. The van der Waals surface area contributed by atoms with E-state index in [9.17, 15) is 0 Å². The zero-order chi connectivity index (χ0) is 41.2. The van der Waals surface area contributed by atoms with Crippen molar-refractivity contribution in [3.8, 4) is 50.8 Å². The molecule has 1 aliphatic carbocycles. The molecule has 1 aliphatic rings. The standard InChI is InChI=1S/C55H70S4/c1-7-11-15-19-23-44-45(24-20-16-12-8-2)54(59-53(44)51-30-26-40(6)56-51)52-34-33-50(58-52)49-32-31-48(57-49)41-27-29-43-42-28-25-39(5)37-46(42)55(47(43)38-41,35-21-17-13-9-3)36-22-18-14-10-4/h25-34,37-38H,7-24,35-36H2,1-6H3. The molecule has 7 rings (SSSR count). The Labute approximate surface area is 374 Å². The lowest BCUT2D eigenvalue weighted by atomic mass is 9.70. The molecule has 314 valence electrons. The van der Waals surface area contributed by atoms with E-state index in [1.165, 1.54) is 180 Å². The predicted octanol–water partition coefficient (Wildman–Crippen LogP) is 19.7. The molecule has 0 fully saturated rings. The van der Waals surface area contributed by atoms with Crippen molar-refractivity contribution in [2.24, 2.45) is 0 Å². The first-order chi connectivity index (χ1) is 28.9. The number of unbranched alkanes of at least 4 members (excludes halogenated alkanes) is 12. The van der Waals surface area contributed by atoms with Crippen molar-refractivity contribution >= 4 is 45.3 Å². The summed E-state index contributed by atoms with van der Waals surface area (Å²) >= 11 is 8.09. The first kappa shape index (κ1) is 44.3. The van der Waals surface area contributed by atoms with Crippen LogP contribution in [-0.4, -0.2) is 0 Å². The van der Waals surface area contributed by atoms with E-state index in [1.54, 1.807) is 32.0 Å². The molecule has 2 aromatic carbocycles. The molecule has 4 heteroatoms. The Morgan fingerprint density at radius 1 is 0.407 bits per heavy atom. The molecule has 0 saturated heterocycles. The van der Waals surface area contributed by atoms with Crippen LogP contribution in [0.3, 0.4) is 0 Å². The van der Waals surface area contributed by atoms with Crippen LogP contribution >= 0.6 is 45.3 Å². The smallest absolute Gasteiger partial charge is 0.0484 e. The van der Waals surface area contributed by atoms with Crippen molar-refractivity contribution in [2.45, 2.75) is 175 Å². The molecule has 0 amide bonds. The third-order valence-electron chi connectivity index (χ3n) is 13.0. The van der Waals surface area contributed by atoms with Gasteiger partial charge in [-0.3, -0.25) is 0 Å². The summed E-state index contributed by atoms with van der Waals surface area (Å²) in [6.07, 6.45) is 26.0. The van der Waals surface area contributed by atoms with E-state index in [-0.39, 0.29) is 5.41 Å². The average Bonchev–Trinajstić information content (AvgIpc) is 4.09. The van der Waals surface area contributed by atoms with Crippen LogP contribution in [0.25, 0.3) is 50.8 Å². The van der Waals surface area contributed by atoms with Crippen molar-refractivity contribution in [3.63, 3.8) is 0 Å². The predicted molar refractivity (Wildman–Crippen MR) is 269 cm³/mol. The second-order valence-corrected chi connectivity index (χ2v) is 22.1. The molecule has 0 unspecified atom stereocenters. The van der Waals surface area contributed by atoms with E-state index in [0.717, 1.165) is 0 Å². The molecule has 0 nitrogen and oxygen atoms in total. The molecule has 59 heavy (non-hydrogen) atoms. The van der Waals surface area contributed by atoms with E-state index in [0.29, 0.717) is 0 Å². The Balaban J connectivity index is 1.22. The average molecular weight is 859 g/mol. The van der Waals surface area contributed by atoms with Crippen LogP contribution in [0.4, 0.5) is 0 Å². The summed E-state index contributed by atoms with van der Waals surface area (Å²) in [6, 6.07) is 29.3. The highest BCUT2D eigenvalue weighted by atomic mass is 32.1. The van der Waals surface area contributed by atoms with E-state index < -0.39 is 0 Å². The summed E-state index contributed by atoms with van der Waals surface area (Å²) in [5, 5.41) is 0. The summed E-state index contributed by atoms with van der Waals surface area (Å²) in [5.41, 5.74) is 12.4. The highest BCUT2D eigenvalue weighted by Crippen LogP contribution is 2.56. The fourth-order valence-corrected chi connectivity index (χ4v) is 14.4. The third-order valence-corrected chi connectivity index (χ3v) is 18.1. The fourth-order valence-electron chi connectivity index (χ4n) is 9.79. The van der Waals surface area contributed by atoms with Gasteiger partial charge in [-0.1, -0.05) is 153 Å². The highest BCUT2D eigenvalue weighted by molar-refractivity contribution is 7.29. The molecule has 6 aromatic rings. The monoisotopic (exact) mass is 858 g/mol. The maximum Gasteiger partial charge on any atom is 0.0484 e. The van der Waals surface area contributed by atoms with Gasteiger partial charge >= 0.3 is 0 Å². The van der Waals surface area contributed by atoms with E-state index in [4.69, 9.17) is 0 Å². The zero-order valence-corrected chi connectivity index (χ0v) is 40.5. The molecule has 0 aliphatic heterocycles. The molecular formula is C55H70S4. The van der Waals surface area contributed by atoms with Gasteiger partial charge in [-0.05, 0) is 134 Å². The van der Waals surface area contributed by atoms with Gasteiger partial charge in [0.25, 0.3) is 0 Å². The van der Waals surface area contributed by atoms with Gasteiger partial charge < -0.3 is 0 Å². The molecule has 4 aromatic heterocycles. The number of fused-ring (bicyclic) bond motifs is 3. The van der Waals surface area contributed by atoms with Crippen molar-refractivity contribution in [3.05, 3.63) is 105 Å². The normalized spacial score (nSPS) is 13.1. The number of hydrogen-bond donors (Lipinski definition) is 0. The van der Waals surface area contributed by atoms with Crippen LogP contribution in [0, 0.1) is 13.8 Å². The van der Waals surface area contributed by atoms with Crippen LogP contribution in [0.5, 0.6) is 0 Å². The third kappa shape index (κ3) is 10.1. The zero-order valence-electron chi connectivity index (χ0n) is 37.2. The van der Waals surface area contributed by atoms with Crippen LogP contribution in [0.1, 0.15) is 176 Å². The maximum atomic E-state index is 2.63. The van der Waals surface area contributed by atoms with Gasteiger partial charge in [0, 0.05) is 44.4 Å².